The number of nitrogens with one attached hydrogen (secondary N) is 1. The number of carbonyl (C=O) groups excluding carboxylic acids is 1. The third-order valence-corrected chi connectivity index (χ3v) is 3.31. The van der Waals surface area contributed by atoms with Crippen LogP contribution in [0.2, 0.25) is 0 Å². The van der Waals surface area contributed by atoms with Crippen molar-refractivity contribution in [1.29, 1.82) is 0 Å². The molecule has 0 spiro atoms. The Balaban J connectivity index is 2.00. The van der Waals surface area contributed by atoms with Crippen molar-refractivity contribution in [2.45, 2.75) is 6.42 Å². The monoisotopic (exact) mass is 263 g/mol. The van der Waals surface area contributed by atoms with E-state index in [9.17, 15) is 4.79 Å². The number of benzene rings is 1. The zero-order chi connectivity index (χ0) is 13.8. The quantitative estimate of drug-likeness (QED) is 0.806. The van der Waals surface area contributed by atoms with E-state index in [1.807, 2.05) is 6.07 Å². The molecule has 3 N–H and O–H groups in total. The van der Waals surface area contributed by atoms with Crippen LogP contribution < -0.4 is 11.1 Å². The maximum absolute atomic E-state index is 11.8. The first-order valence-corrected chi connectivity index (χ1v) is 6.50. The van der Waals surface area contributed by atoms with Crippen molar-refractivity contribution in [2.75, 3.05) is 44.9 Å². The maximum Gasteiger partial charge on any atom is 0.253 e. The van der Waals surface area contributed by atoms with Crippen molar-refractivity contribution in [3.05, 3.63) is 23.8 Å². The second-order valence-corrected chi connectivity index (χ2v) is 5.11. The fourth-order valence-corrected chi connectivity index (χ4v) is 2.11. The molecule has 5 heteroatoms. The number of hydrogen-bond acceptors (Lipinski definition) is 4. The van der Waals surface area contributed by atoms with Crippen LogP contribution in [0.4, 0.5) is 11.4 Å². The van der Waals surface area contributed by atoms with E-state index in [2.05, 4.69) is 5.32 Å². The normalized spacial score (nSPS) is 18.3. The van der Waals surface area contributed by atoms with Crippen molar-refractivity contribution in [3.63, 3.8) is 0 Å². The van der Waals surface area contributed by atoms with Crippen LogP contribution in [-0.4, -0.2) is 44.7 Å². The Morgan fingerprint density at radius 1 is 1.53 bits per heavy atom. The van der Waals surface area contributed by atoms with Crippen LogP contribution in [-0.2, 0) is 4.74 Å². The van der Waals surface area contributed by atoms with Crippen LogP contribution in [0.25, 0.3) is 0 Å². The summed E-state index contributed by atoms with van der Waals surface area (Å²) in [6, 6.07) is 5.38. The number of amides is 1. The molecule has 104 valence electrons. The number of rotatable bonds is 4. The Kier molecular flexibility index (Phi) is 4.27. The van der Waals surface area contributed by atoms with Crippen LogP contribution in [0.1, 0.15) is 16.8 Å². The zero-order valence-electron chi connectivity index (χ0n) is 11.5. The summed E-state index contributed by atoms with van der Waals surface area (Å²) in [7, 11) is 3.45. The standard InChI is InChI=1S/C14H21N3O2/c1-17(2)14(18)11-3-4-13(12(15)7-11)16-8-10-5-6-19-9-10/h3-4,7,10,16H,5-6,8-9,15H2,1-2H3. The second-order valence-electron chi connectivity index (χ2n) is 5.11. The molecule has 1 aliphatic rings. The molecule has 0 saturated carbocycles. The SMILES string of the molecule is CN(C)C(=O)c1ccc(NCC2CCOC2)c(N)c1. The lowest BCUT2D eigenvalue weighted by Gasteiger charge is -2.15. The first-order chi connectivity index (χ1) is 9.08. The number of carbonyl (C=O) groups is 1. The Morgan fingerprint density at radius 3 is 2.89 bits per heavy atom. The van der Waals surface area contributed by atoms with E-state index in [-0.39, 0.29) is 5.91 Å². The maximum atomic E-state index is 11.8. The molecule has 1 aromatic rings. The molecule has 1 atom stereocenters. The van der Waals surface area contributed by atoms with Gasteiger partial charge in [0.05, 0.1) is 18.0 Å². The number of hydrogen-bond donors (Lipinski definition) is 2. The summed E-state index contributed by atoms with van der Waals surface area (Å²) in [6.45, 7) is 2.51. The molecule has 1 saturated heterocycles. The van der Waals surface area contributed by atoms with Crippen molar-refractivity contribution >= 4 is 17.3 Å². The Bertz CT molecular complexity index is 454. The van der Waals surface area contributed by atoms with Crippen molar-refractivity contribution in [2.24, 2.45) is 5.92 Å². The molecule has 0 aromatic heterocycles. The van der Waals surface area contributed by atoms with E-state index in [0.717, 1.165) is 31.9 Å². The van der Waals surface area contributed by atoms with Crippen LogP contribution >= 0.6 is 0 Å². The highest BCUT2D eigenvalue weighted by molar-refractivity contribution is 5.95. The Hall–Kier alpha value is -1.75. The molecule has 5 nitrogen and oxygen atoms in total. The van der Waals surface area contributed by atoms with Gasteiger partial charge in [0.1, 0.15) is 0 Å². The topological polar surface area (TPSA) is 67.6 Å². The van der Waals surface area contributed by atoms with Crippen LogP contribution in [0.3, 0.4) is 0 Å². The number of anilines is 2. The van der Waals surface area contributed by atoms with Gasteiger partial charge in [0.2, 0.25) is 0 Å². The fraction of sp³-hybridized carbons (Fsp3) is 0.500. The molecule has 1 aromatic carbocycles. The van der Waals surface area contributed by atoms with Crippen LogP contribution in [0.15, 0.2) is 18.2 Å². The van der Waals surface area contributed by atoms with Gasteiger partial charge in [0.25, 0.3) is 5.91 Å². The van der Waals surface area contributed by atoms with Gasteiger partial charge in [-0.15, -0.1) is 0 Å². The summed E-state index contributed by atoms with van der Waals surface area (Å²) >= 11 is 0. The lowest BCUT2D eigenvalue weighted by molar-refractivity contribution is 0.0827. The number of nitrogens with two attached hydrogens (primary N) is 1. The molecule has 0 aliphatic carbocycles. The van der Waals surface area contributed by atoms with Crippen molar-refractivity contribution in [3.8, 4) is 0 Å². The third kappa shape index (κ3) is 3.38. The molecule has 19 heavy (non-hydrogen) atoms. The second kappa shape index (κ2) is 5.93. The van der Waals surface area contributed by atoms with Gasteiger partial charge in [-0.3, -0.25) is 4.79 Å². The Morgan fingerprint density at radius 2 is 2.32 bits per heavy atom. The molecular formula is C14H21N3O2. The van der Waals surface area contributed by atoms with Gasteiger partial charge in [-0.2, -0.15) is 0 Å². The number of nitrogen functional groups attached to an aromatic ring is 1. The van der Waals surface area contributed by atoms with Gasteiger partial charge in [-0.1, -0.05) is 0 Å². The van der Waals surface area contributed by atoms with Gasteiger partial charge in [0.15, 0.2) is 0 Å². The molecule has 1 aliphatic heterocycles. The molecule has 1 unspecified atom stereocenters. The lowest BCUT2D eigenvalue weighted by atomic mass is 10.1. The average Bonchev–Trinajstić information content (AvgIpc) is 2.89. The van der Waals surface area contributed by atoms with Gasteiger partial charge in [0, 0.05) is 38.7 Å². The smallest absolute Gasteiger partial charge is 0.253 e. The van der Waals surface area contributed by atoms with Gasteiger partial charge >= 0.3 is 0 Å². The van der Waals surface area contributed by atoms with E-state index in [1.165, 1.54) is 4.90 Å². The third-order valence-electron chi connectivity index (χ3n) is 3.31. The van der Waals surface area contributed by atoms with Gasteiger partial charge in [-0.05, 0) is 24.6 Å². The van der Waals surface area contributed by atoms with Crippen LogP contribution in [0.5, 0.6) is 0 Å². The summed E-state index contributed by atoms with van der Waals surface area (Å²) in [4.78, 5) is 13.3. The summed E-state index contributed by atoms with van der Waals surface area (Å²) < 4.78 is 5.33. The minimum atomic E-state index is -0.0394. The largest absolute Gasteiger partial charge is 0.397 e. The lowest BCUT2D eigenvalue weighted by Crippen LogP contribution is -2.22. The number of ether oxygens (including phenoxy) is 1. The minimum Gasteiger partial charge on any atom is -0.397 e. The Labute approximate surface area is 113 Å². The summed E-state index contributed by atoms with van der Waals surface area (Å²) in [5, 5.41) is 3.32. The van der Waals surface area contributed by atoms with Gasteiger partial charge < -0.3 is 20.7 Å². The molecule has 1 amide bonds. The highest BCUT2D eigenvalue weighted by atomic mass is 16.5. The molecule has 1 heterocycles. The molecular weight excluding hydrogens is 242 g/mol. The first-order valence-electron chi connectivity index (χ1n) is 6.50. The summed E-state index contributed by atoms with van der Waals surface area (Å²) in [5.74, 6) is 0.505. The van der Waals surface area contributed by atoms with E-state index >= 15 is 0 Å². The minimum absolute atomic E-state index is 0.0394. The highest BCUT2D eigenvalue weighted by Gasteiger charge is 2.16. The summed E-state index contributed by atoms with van der Waals surface area (Å²) in [5.41, 5.74) is 8.07. The van der Waals surface area contributed by atoms with E-state index in [1.54, 1.807) is 26.2 Å². The summed E-state index contributed by atoms with van der Waals surface area (Å²) in [6.07, 6.45) is 1.09. The molecule has 1 fully saturated rings. The highest BCUT2D eigenvalue weighted by Crippen LogP contribution is 2.22. The van der Waals surface area contributed by atoms with Gasteiger partial charge in [-0.25, -0.2) is 0 Å². The van der Waals surface area contributed by atoms with Crippen molar-refractivity contribution in [1.82, 2.24) is 4.90 Å². The van der Waals surface area contributed by atoms with Crippen molar-refractivity contribution < 1.29 is 9.53 Å². The molecule has 0 bridgehead atoms. The zero-order valence-corrected chi connectivity index (χ0v) is 11.5. The van der Waals surface area contributed by atoms with E-state index in [0.29, 0.717) is 17.2 Å². The van der Waals surface area contributed by atoms with E-state index < -0.39 is 0 Å². The average molecular weight is 263 g/mol. The predicted molar refractivity (Wildman–Crippen MR) is 76.3 cm³/mol. The molecule has 2 rings (SSSR count). The van der Waals surface area contributed by atoms with E-state index in [4.69, 9.17) is 10.5 Å². The fourth-order valence-electron chi connectivity index (χ4n) is 2.11. The molecule has 0 radical (unpaired) electrons. The van der Waals surface area contributed by atoms with Crippen LogP contribution in [0, 0.1) is 5.92 Å². The number of nitrogens with zero attached hydrogens (tertiary/aromatic N) is 1. The predicted octanol–water partition coefficient (Wildman–Crippen LogP) is 1.42. The first kappa shape index (κ1) is 13.7.